The van der Waals surface area contributed by atoms with Gasteiger partial charge in [0, 0.05) is 19.0 Å². The molecule has 1 heterocycles. The standard InChI is InChI=1S/C21H25N3O2/c1-3-23(14-17-9-5-4-6-10-17)15-21(26)24-16(2)13-20(25)22-18-11-7-8-12-19(18)24/h4-12,16H,3,13-15H2,1-2H3,(H,22,25)/t16-/m1/s1. The molecule has 5 heteroatoms. The number of carbonyl (C=O) groups excluding carboxylic acids is 2. The van der Waals surface area contributed by atoms with Gasteiger partial charge in [-0.2, -0.15) is 0 Å². The van der Waals surface area contributed by atoms with Crippen molar-refractivity contribution in [1.29, 1.82) is 0 Å². The Morgan fingerprint density at radius 1 is 1.15 bits per heavy atom. The number of anilines is 2. The van der Waals surface area contributed by atoms with Crippen molar-refractivity contribution in [3.05, 3.63) is 60.2 Å². The maximum atomic E-state index is 13.1. The third kappa shape index (κ3) is 4.11. The summed E-state index contributed by atoms with van der Waals surface area (Å²) < 4.78 is 0. The van der Waals surface area contributed by atoms with Crippen molar-refractivity contribution in [2.24, 2.45) is 0 Å². The molecule has 0 aromatic heterocycles. The highest BCUT2D eigenvalue weighted by Crippen LogP contribution is 2.31. The molecule has 2 aromatic rings. The van der Waals surface area contributed by atoms with Crippen LogP contribution in [-0.2, 0) is 16.1 Å². The largest absolute Gasteiger partial charge is 0.324 e. The topological polar surface area (TPSA) is 52.7 Å². The first-order valence-electron chi connectivity index (χ1n) is 9.05. The minimum Gasteiger partial charge on any atom is -0.324 e. The number of benzene rings is 2. The smallest absolute Gasteiger partial charge is 0.241 e. The summed E-state index contributed by atoms with van der Waals surface area (Å²) in [5, 5.41) is 2.90. The fraction of sp³-hybridized carbons (Fsp3) is 0.333. The van der Waals surface area contributed by atoms with Gasteiger partial charge in [0.05, 0.1) is 17.9 Å². The van der Waals surface area contributed by atoms with Crippen LogP contribution in [0.4, 0.5) is 11.4 Å². The van der Waals surface area contributed by atoms with E-state index in [1.54, 1.807) is 4.90 Å². The maximum Gasteiger partial charge on any atom is 0.241 e. The van der Waals surface area contributed by atoms with Crippen LogP contribution in [-0.4, -0.2) is 35.8 Å². The normalized spacial score (nSPS) is 16.8. The molecule has 3 rings (SSSR count). The van der Waals surface area contributed by atoms with Crippen LogP contribution in [0.2, 0.25) is 0 Å². The van der Waals surface area contributed by atoms with Gasteiger partial charge in [-0.05, 0) is 31.2 Å². The van der Waals surface area contributed by atoms with Crippen LogP contribution in [0.25, 0.3) is 0 Å². The molecule has 1 aliphatic heterocycles. The second-order valence-corrected chi connectivity index (χ2v) is 6.67. The van der Waals surface area contributed by atoms with E-state index in [0.29, 0.717) is 18.7 Å². The first-order chi connectivity index (χ1) is 12.6. The Morgan fingerprint density at radius 3 is 2.58 bits per heavy atom. The number of likely N-dealkylation sites (N-methyl/N-ethyl adjacent to an activating group) is 1. The summed E-state index contributed by atoms with van der Waals surface area (Å²) in [6.07, 6.45) is 0.297. The molecule has 0 saturated carbocycles. The van der Waals surface area contributed by atoms with Crippen molar-refractivity contribution in [2.45, 2.75) is 32.9 Å². The summed E-state index contributed by atoms with van der Waals surface area (Å²) in [5.74, 6) is -0.0453. The number of hydrogen-bond donors (Lipinski definition) is 1. The average Bonchev–Trinajstić information content (AvgIpc) is 2.76. The number of rotatable bonds is 5. The molecular formula is C21H25N3O2. The molecule has 0 radical (unpaired) electrons. The number of fused-ring (bicyclic) bond motifs is 1. The van der Waals surface area contributed by atoms with Crippen molar-refractivity contribution < 1.29 is 9.59 Å². The molecule has 0 saturated heterocycles. The molecule has 0 bridgehead atoms. The van der Waals surface area contributed by atoms with Crippen LogP contribution < -0.4 is 10.2 Å². The van der Waals surface area contributed by atoms with Crippen LogP contribution in [0.1, 0.15) is 25.8 Å². The van der Waals surface area contributed by atoms with Gasteiger partial charge >= 0.3 is 0 Å². The van der Waals surface area contributed by atoms with Gasteiger partial charge in [-0.1, -0.05) is 49.4 Å². The fourth-order valence-corrected chi connectivity index (χ4v) is 3.36. The molecular weight excluding hydrogens is 326 g/mol. The fourth-order valence-electron chi connectivity index (χ4n) is 3.36. The van der Waals surface area contributed by atoms with Crippen molar-refractivity contribution in [2.75, 3.05) is 23.3 Å². The zero-order valence-corrected chi connectivity index (χ0v) is 15.3. The quantitative estimate of drug-likeness (QED) is 0.899. The van der Waals surface area contributed by atoms with Gasteiger partial charge in [-0.3, -0.25) is 14.5 Å². The monoisotopic (exact) mass is 351 g/mol. The first kappa shape index (κ1) is 18.1. The van der Waals surface area contributed by atoms with E-state index >= 15 is 0 Å². The lowest BCUT2D eigenvalue weighted by Gasteiger charge is -2.30. The number of carbonyl (C=O) groups is 2. The molecule has 0 aliphatic carbocycles. The minimum absolute atomic E-state index is 0.0132. The Labute approximate surface area is 154 Å². The van der Waals surface area contributed by atoms with E-state index in [-0.39, 0.29) is 17.9 Å². The second-order valence-electron chi connectivity index (χ2n) is 6.67. The van der Waals surface area contributed by atoms with Gasteiger partial charge in [0.2, 0.25) is 11.8 Å². The Kier molecular flexibility index (Phi) is 5.68. The van der Waals surface area contributed by atoms with E-state index in [1.165, 1.54) is 5.56 Å². The van der Waals surface area contributed by atoms with Gasteiger partial charge in [0.25, 0.3) is 0 Å². The van der Waals surface area contributed by atoms with E-state index in [4.69, 9.17) is 0 Å². The SMILES string of the molecule is CCN(CC(=O)N1c2ccccc2NC(=O)C[C@H]1C)Cc1ccccc1. The van der Waals surface area contributed by atoms with Gasteiger partial charge in [-0.15, -0.1) is 0 Å². The van der Waals surface area contributed by atoms with E-state index < -0.39 is 0 Å². The van der Waals surface area contributed by atoms with Gasteiger partial charge in [-0.25, -0.2) is 0 Å². The molecule has 5 nitrogen and oxygen atoms in total. The van der Waals surface area contributed by atoms with E-state index in [9.17, 15) is 9.59 Å². The number of nitrogens with zero attached hydrogens (tertiary/aromatic N) is 2. The van der Waals surface area contributed by atoms with Gasteiger partial charge in [0.15, 0.2) is 0 Å². The summed E-state index contributed by atoms with van der Waals surface area (Å²) in [5.41, 5.74) is 2.65. The average molecular weight is 351 g/mol. The van der Waals surface area contributed by atoms with Crippen LogP contribution in [0.5, 0.6) is 0 Å². The summed E-state index contributed by atoms with van der Waals surface area (Å²) in [7, 11) is 0. The molecule has 1 N–H and O–H groups in total. The molecule has 1 aliphatic rings. The summed E-state index contributed by atoms with van der Waals surface area (Å²) in [4.78, 5) is 29.1. The second kappa shape index (κ2) is 8.15. The van der Waals surface area contributed by atoms with Crippen molar-refractivity contribution >= 4 is 23.2 Å². The Hall–Kier alpha value is -2.66. The Bertz CT molecular complexity index is 776. The number of nitrogens with one attached hydrogen (secondary N) is 1. The Morgan fingerprint density at radius 2 is 1.85 bits per heavy atom. The highest BCUT2D eigenvalue weighted by atomic mass is 16.2. The van der Waals surface area contributed by atoms with Crippen LogP contribution >= 0.6 is 0 Å². The predicted molar refractivity (Wildman–Crippen MR) is 104 cm³/mol. The summed E-state index contributed by atoms with van der Waals surface area (Å²) in [6.45, 7) is 5.80. The molecule has 2 aromatic carbocycles. The van der Waals surface area contributed by atoms with Gasteiger partial charge in [0.1, 0.15) is 0 Å². The van der Waals surface area contributed by atoms with E-state index in [1.807, 2.05) is 49.4 Å². The first-order valence-corrected chi connectivity index (χ1v) is 9.05. The highest BCUT2D eigenvalue weighted by molar-refractivity contribution is 6.04. The third-order valence-corrected chi connectivity index (χ3v) is 4.68. The lowest BCUT2D eigenvalue weighted by Crippen LogP contribution is -2.45. The molecule has 0 spiro atoms. The zero-order chi connectivity index (χ0) is 18.5. The lowest BCUT2D eigenvalue weighted by molar-refractivity contribution is -0.120. The number of para-hydroxylation sites is 2. The van der Waals surface area contributed by atoms with Crippen LogP contribution in [0.3, 0.4) is 0 Å². The Balaban J connectivity index is 1.80. The van der Waals surface area contributed by atoms with Gasteiger partial charge < -0.3 is 10.2 Å². The predicted octanol–water partition coefficient (Wildman–Crippen LogP) is 3.27. The molecule has 0 fully saturated rings. The molecule has 0 unspecified atom stereocenters. The lowest BCUT2D eigenvalue weighted by atomic mass is 10.1. The van der Waals surface area contributed by atoms with Crippen molar-refractivity contribution in [3.8, 4) is 0 Å². The third-order valence-electron chi connectivity index (χ3n) is 4.68. The molecule has 26 heavy (non-hydrogen) atoms. The van der Waals surface area contributed by atoms with Crippen LogP contribution in [0, 0.1) is 0 Å². The van der Waals surface area contributed by atoms with Crippen LogP contribution in [0.15, 0.2) is 54.6 Å². The number of hydrogen-bond acceptors (Lipinski definition) is 3. The highest BCUT2D eigenvalue weighted by Gasteiger charge is 2.30. The van der Waals surface area contributed by atoms with Crippen molar-refractivity contribution in [1.82, 2.24) is 4.90 Å². The van der Waals surface area contributed by atoms with E-state index in [2.05, 4.69) is 29.3 Å². The summed E-state index contributed by atoms with van der Waals surface area (Å²) in [6, 6.07) is 17.5. The van der Waals surface area contributed by atoms with E-state index in [0.717, 1.165) is 18.8 Å². The molecule has 1 atom stereocenters. The van der Waals surface area contributed by atoms with Crippen molar-refractivity contribution in [3.63, 3.8) is 0 Å². The molecule has 136 valence electrons. The number of amides is 2. The minimum atomic E-state index is -0.179. The molecule has 2 amide bonds. The zero-order valence-electron chi connectivity index (χ0n) is 15.3. The maximum absolute atomic E-state index is 13.1. The summed E-state index contributed by atoms with van der Waals surface area (Å²) >= 11 is 0.